The Kier molecular flexibility index (Phi) is 8.64. The van der Waals surface area contributed by atoms with Crippen molar-refractivity contribution in [1.29, 1.82) is 0 Å². The molecule has 0 aromatic carbocycles. The van der Waals surface area contributed by atoms with Crippen LogP contribution in [0.5, 0.6) is 0 Å². The van der Waals surface area contributed by atoms with Crippen LogP contribution in [0.4, 0.5) is 0 Å². The summed E-state index contributed by atoms with van der Waals surface area (Å²) in [5, 5.41) is 0. The molecule has 0 aliphatic carbocycles. The van der Waals surface area contributed by atoms with E-state index in [2.05, 4.69) is 18.9 Å². The average molecular weight is 256 g/mol. The third-order valence-corrected chi connectivity index (χ3v) is 4.09. The Bertz CT molecular complexity index is 193. The molecule has 1 fully saturated rings. The molecular weight excluding hydrogens is 224 g/mol. The van der Waals surface area contributed by atoms with Crippen molar-refractivity contribution in [3.8, 4) is 0 Å². The minimum Gasteiger partial charge on any atom is -0.377 e. The van der Waals surface area contributed by atoms with E-state index in [1.165, 1.54) is 51.5 Å². The average Bonchev–Trinajstić information content (AvgIpc) is 2.39. The largest absolute Gasteiger partial charge is 0.377 e. The minimum atomic E-state index is 0.481. The number of likely N-dealkylation sites (N-methyl/N-ethyl adjacent to an activating group) is 1. The SMILES string of the molecule is CCC(CCN)CCCN(C)CC1CCCCO1. The summed E-state index contributed by atoms with van der Waals surface area (Å²) in [6.45, 7) is 6.38. The lowest BCUT2D eigenvalue weighted by atomic mass is 9.96. The zero-order valence-corrected chi connectivity index (χ0v) is 12.4. The van der Waals surface area contributed by atoms with Gasteiger partial charge in [0.05, 0.1) is 6.10 Å². The highest BCUT2D eigenvalue weighted by atomic mass is 16.5. The number of ether oxygens (including phenoxy) is 1. The monoisotopic (exact) mass is 256 g/mol. The molecule has 2 N–H and O–H groups in total. The summed E-state index contributed by atoms with van der Waals surface area (Å²) in [6.07, 6.45) is 9.39. The second kappa shape index (κ2) is 9.76. The van der Waals surface area contributed by atoms with Gasteiger partial charge < -0.3 is 15.4 Å². The lowest BCUT2D eigenvalue weighted by Crippen LogP contribution is -2.34. The molecule has 0 aromatic heterocycles. The summed E-state index contributed by atoms with van der Waals surface area (Å²) >= 11 is 0. The minimum absolute atomic E-state index is 0.481. The first-order valence-corrected chi connectivity index (χ1v) is 7.76. The van der Waals surface area contributed by atoms with E-state index in [9.17, 15) is 0 Å². The highest BCUT2D eigenvalue weighted by Crippen LogP contribution is 2.16. The molecular formula is C15H32N2O. The van der Waals surface area contributed by atoms with Gasteiger partial charge in [0.15, 0.2) is 0 Å². The predicted octanol–water partition coefficient (Wildman–Crippen LogP) is 2.64. The first kappa shape index (κ1) is 15.9. The van der Waals surface area contributed by atoms with E-state index in [0.717, 1.165) is 25.6 Å². The van der Waals surface area contributed by atoms with Gasteiger partial charge in [-0.05, 0) is 64.6 Å². The fourth-order valence-corrected chi connectivity index (χ4v) is 2.83. The van der Waals surface area contributed by atoms with Crippen LogP contribution in [-0.4, -0.2) is 44.3 Å². The molecule has 2 unspecified atom stereocenters. The Labute approximate surface area is 113 Å². The van der Waals surface area contributed by atoms with Crippen LogP contribution >= 0.6 is 0 Å². The molecule has 1 aliphatic heterocycles. The van der Waals surface area contributed by atoms with Crippen LogP contribution in [0.15, 0.2) is 0 Å². The first-order valence-electron chi connectivity index (χ1n) is 7.76. The molecule has 0 saturated carbocycles. The van der Waals surface area contributed by atoms with Gasteiger partial charge in [0, 0.05) is 13.2 Å². The van der Waals surface area contributed by atoms with Gasteiger partial charge in [-0.3, -0.25) is 0 Å². The number of nitrogens with zero attached hydrogens (tertiary/aromatic N) is 1. The van der Waals surface area contributed by atoms with Crippen LogP contribution in [0.1, 0.15) is 51.9 Å². The maximum absolute atomic E-state index is 5.78. The number of rotatable bonds is 9. The molecule has 0 aromatic rings. The summed E-state index contributed by atoms with van der Waals surface area (Å²) in [6, 6.07) is 0. The molecule has 108 valence electrons. The molecule has 2 atom stereocenters. The fraction of sp³-hybridized carbons (Fsp3) is 1.00. The van der Waals surface area contributed by atoms with Gasteiger partial charge in [-0.25, -0.2) is 0 Å². The number of hydrogen-bond donors (Lipinski definition) is 1. The smallest absolute Gasteiger partial charge is 0.0701 e. The summed E-state index contributed by atoms with van der Waals surface area (Å²) < 4.78 is 5.78. The Morgan fingerprint density at radius 3 is 2.78 bits per heavy atom. The van der Waals surface area contributed by atoms with Crippen molar-refractivity contribution in [3.05, 3.63) is 0 Å². The van der Waals surface area contributed by atoms with Gasteiger partial charge in [0.1, 0.15) is 0 Å². The van der Waals surface area contributed by atoms with Crippen LogP contribution in [0.2, 0.25) is 0 Å². The van der Waals surface area contributed by atoms with Crippen LogP contribution in [0.3, 0.4) is 0 Å². The zero-order chi connectivity index (χ0) is 13.2. The van der Waals surface area contributed by atoms with Gasteiger partial charge in [0.25, 0.3) is 0 Å². The highest BCUT2D eigenvalue weighted by molar-refractivity contribution is 4.68. The second-order valence-electron chi connectivity index (χ2n) is 5.74. The van der Waals surface area contributed by atoms with Crippen LogP contribution in [-0.2, 0) is 4.74 Å². The molecule has 0 radical (unpaired) electrons. The Hall–Kier alpha value is -0.120. The summed E-state index contributed by atoms with van der Waals surface area (Å²) in [5.41, 5.74) is 5.63. The molecule has 3 nitrogen and oxygen atoms in total. The van der Waals surface area contributed by atoms with Crippen molar-refractivity contribution in [2.45, 2.75) is 58.0 Å². The van der Waals surface area contributed by atoms with Gasteiger partial charge in [-0.2, -0.15) is 0 Å². The standard InChI is InChI=1S/C15H32N2O/c1-3-14(9-10-16)7-6-11-17(2)13-15-8-4-5-12-18-15/h14-15H,3-13,16H2,1-2H3. The third kappa shape index (κ3) is 6.72. The van der Waals surface area contributed by atoms with Crippen molar-refractivity contribution in [1.82, 2.24) is 4.90 Å². The molecule has 0 bridgehead atoms. The molecule has 3 heteroatoms. The van der Waals surface area contributed by atoms with Crippen LogP contribution in [0.25, 0.3) is 0 Å². The van der Waals surface area contributed by atoms with Crippen molar-refractivity contribution in [2.24, 2.45) is 11.7 Å². The van der Waals surface area contributed by atoms with Gasteiger partial charge >= 0.3 is 0 Å². The first-order chi connectivity index (χ1) is 8.76. The van der Waals surface area contributed by atoms with Crippen molar-refractivity contribution < 1.29 is 4.74 Å². The molecule has 0 spiro atoms. The molecule has 0 amide bonds. The fourth-order valence-electron chi connectivity index (χ4n) is 2.83. The van der Waals surface area contributed by atoms with Crippen molar-refractivity contribution in [3.63, 3.8) is 0 Å². The zero-order valence-electron chi connectivity index (χ0n) is 12.4. The topological polar surface area (TPSA) is 38.5 Å². The quantitative estimate of drug-likeness (QED) is 0.689. The van der Waals surface area contributed by atoms with Gasteiger partial charge in [0.2, 0.25) is 0 Å². The summed E-state index contributed by atoms with van der Waals surface area (Å²) in [7, 11) is 2.22. The van der Waals surface area contributed by atoms with Crippen molar-refractivity contribution in [2.75, 3.05) is 33.3 Å². The number of hydrogen-bond acceptors (Lipinski definition) is 3. The maximum Gasteiger partial charge on any atom is 0.0701 e. The summed E-state index contributed by atoms with van der Waals surface area (Å²) in [4.78, 5) is 2.44. The van der Waals surface area contributed by atoms with E-state index in [-0.39, 0.29) is 0 Å². The maximum atomic E-state index is 5.78. The van der Waals surface area contributed by atoms with E-state index in [1.54, 1.807) is 0 Å². The van der Waals surface area contributed by atoms with Crippen molar-refractivity contribution >= 4 is 0 Å². The van der Waals surface area contributed by atoms with E-state index >= 15 is 0 Å². The number of nitrogens with two attached hydrogens (primary N) is 1. The van der Waals surface area contributed by atoms with Crippen LogP contribution in [0, 0.1) is 5.92 Å². The second-order valence-corrected chi connectivity index (χ2v) is 5.74. The van der Waals surface area contributed by atoms with E-state index in [1.807, 2.05) is 0 Å². The molecule has 1 heterocycles. The lowest BCUT2D eigenvalue weighted by Gasteiger charge is -2.27. The highest BCUT2D eigenvalue weighted by Gasteiger charge is 2.15. The van der Waals surface area contributed by atoms with E-state index in [0.29, 0.717) is 6.10 Å². The normalized spacial score (nSPS) is 22.3. The molecule has 1 rings (SSSR count). The Balaban J connectivity index is 2.06. The third-order valence-electron chi connectivity index (χ3n) is 4.09. The Morgan fingerprint density at radius 1 is 1.33 bits per heavy atom. The molecule has 1 saturated heterocycles. The van der Waals surface area contributed by atoms with Gasteiger partial charge in [-0.15, -0.1) is 0 Å². The lowest BCUT2D eigenvalue weighted by molar-refractivity contribution is -0.00173. The molecule has 1 aliphatic rings. The predicted molar refractivity (Wildman–Crippen MR) is 77.8 cm³/mol. The van der Waals surface area contributed by atoms with Crippen LogP contribution < -0.4 is 5.73 Å². The summed E-state index contributed by atoms with van der Waals surface area (Å²) in [5.74, 6) is 0.828. The molecule has 18 heavy (non-hydrogen) atoms. The Morgan fingerprint density at radius 2 is 2.17 bits per heavy atom. The van der Waals surface area contributed by atoms with E-state index < -0.39 is 0 Å². The van der Waals surface area contributed by atoms with E-state index in [4.69, 9.17) is 10.5 Å². The van der Waals surface area contributed by atoms with Gasteiger partial charge in [-0.1, -0.05) is 13.3 Å².